The molecule has 0 aromatic carbocycles. The first-order chi connectivity index (χ1) is 14.5. The number of likely N-dealkylation sites (N-methyl/N-ethyl adjacent to an activating group) is 1. The monoisotopic (exact) mass is 412 g/mol. The Labute approximate surface area is 178 Å². The number of anilines is 4. The summed E-state index contributed by atoms with van der Waals surface area (Å²) in [7, 11) is 2.12. The van der Waals surface area contributed by atoms with Crippen molar-refractivity contribution >= 4 is 29.0 Å². The minimum Gasteiger partial charge on any atom is -0.380 e. The van der Waals surface area contributed by atoms with E-state index in [1.54, 1.807) is 6.92 Å². The first kappa shape index (κ1) is 21.9. The largest absolute Gasteiger partial charge is 0.380 e. The van der Waals surface area contributed by atoms with Crippen LogP contribution in [0.1, 0.15) is 25.2 Å². The summed E-state index contributed by atoms with van der Waals surface area (Å²) in [4.78, 5) is 18.6. The molecule has 2 aromatic heterocycles. The number of nitrogens with one attached hydrogen (secondary N) is 3. The van der Waals surface area contributed by atoms with Crippen molar-refractivity contribution in [2.24, 2.45) is 0 Å². The molecule has 9 nitrogen and oxygen atoms in total. The molecule has 0 spiro atoms. The van der Waals surface area contributed by atoms with Crippen LogP contribution in [-0.2, 0) is 4.74 Å². The quantitative estimate of drug-likeness (QED) is 0.427. The van der Waals surface area contributed by atoms with E-state index in [4.69, 9.17) is 20.1 Å². The average Bonchev–Trinajstić information content (AvgIpc) is 2.72. The highest BCUT2D eigenvalue weighted by Gasteiger charge is 2.22. The minimum absolute atomic E-state index is 0.381. The van der Waals surface area contributed by atoms with Gasteiger partial charge in [0, 0.05) is 45.0 Å². The molecule has 0 unspecified atom stereocenters. The number of rotatable bonds is 9. The Kier molecular flexibility index (Phi) is 7.53. The number of hydrogen-bond acceptors (Lipinski definition) is 9. The Bertz CT molecular complexity index is 864. The first-order valence-electron chi connectivity index (χ1n) is 10.4. The predicted octanol–water partition coefficient (Wildman–Crippen LogP) is 2.51. The van der Waals surface area contributed by atoms with Gasteiger partial charge in [0.05, 0.1) is 12.3 Å². The maximum absolute atomic E-state index is 8.31. The fourth-order valence-corrected chi connectivity index (χ4v) is 3.25. The molecule has 0 amide bonds. The van der Waals surface area contributed by atoms with E-state index in [-0.39, 0.29) is 0 Å². The Morgan fingerprint density at radius 3 is 2.60 bits per heavy atom. The third-order valence-electron chi connectivity index (χ3n) is 4.93. The lowest BCUT2D eigenvalue weighted by atomic mass is 10.2. The van der Waals surface area contributed by atoms with Crippen LogP contribution in [0.5, 0.6) is 0 Å². The van der Waals surface area contributed by atoms with E-state index >= 15 is 0 Å². The van der Waals surface area contributed by atoms with E-state index in [1.165, 1.54) is 0 Å². The summed E-state index contributed by atoms with van der Waals surface area (Å²) in [5.74, 6) is 1.96. The van der Waals surface area contributed by atoms with Crippen molar-refractivity contribution in [2.45, 2.75) is 20.8 Å². The van der Waals surface area contributed by atoms with Crippen LogP contribution < -0.4 is 15.5 Å². The molecule has 1 saturated heterocycles. The normalized spacial score (nSPS) is 14.6. The molecule has 0 bridgehead atoms. The molecule has 2 aromatic rings. The van der Waals surface area contributed by atoms with Crippen molar-refractivity contribution in [3.63, 3.8) is 0 Å². The maximum Gasteiger partial charge on any atom is 0.228 e. The molecular weight excluding hydrogens is 380 g/mol. The Balaban J connectivity index is 1.97. The summed E-state index contributed by atoms with van der Waals surface area (Å²) in [6.07, 6.45) is 0. The molecular formula is C21H32N8O. The van der Waals surface area contributed by atoms with Crippen LogP contribution in [0.2, 0.25) is 0 Å². The van der Waals surface area contributed by atoms with Gasteiger partial charge in [-0.1, -0.05) is 6.07 Å². The third-order valence-corrected chi connectivity index (χ3v) is 4.93. The van der Waals surface area contributed by atoms with E-state index in [1.807, 2.05) is 32.0 Å². The molecule has 0 atom stereocenters. The van der Waals surface area contributed by atoms with E-state index in [0.29, 0.717) is 54.4 Å². The van der Waals surface area contributed by atoms with Gasteiger partial charge in [0.1, 0.15) is 17.2 Å². The Hall–Kier alpha value is -2.78. The highest BCUT2D eigenvalue weighted by molar-refractivity contribution is 6.02. The number of nitrogens with zero attached hydrogens (tertiary/aromatic N) is 5. The Morgan fingerprint density at radius 2 is 1.93 bits per heavy atom. The van der Waals surface area contributed by atoms with Crippen LogP contribution in [0, 0.1) is 12.3 Å². The highest BCUT2D eigenvalue weighted by atomic mass is 16.5. The molecule has 0 saturated carbocycles. The van der Waals surface area contributed by atoms with E-state index in [2.05, 4.69) is 32.5 Å². The van der Waals surface area contributed by atoms with Gasteiger partial charge in [-0.15, -0.1) is 0 Å². The second-order valence-electron chi connectivity index (χ2n) is 7.42. The summed E-state index contributed by atoms with van der Waals surface area (Å²) in [6.45, 7) is 11.1. The third kappa shape index (κ3) is 5.64. The number of aryl methyl sites for hydroxylation is 1. The minimum atomic E-state index is 0.381. The molecule has 1 fully saturated rings. The zero-order chi connectivity index (χ0) is 21.5. The van der Waals surface area contributed by atoms with Gasteiger partial charge in [-0.2, -0.15) is 4.98 Å². The van der Waals surface area contributed by atoms with Crippen LogP contribution >= 0.6 is 0 Å². The number of piperazine rings is 1. The van der Waals surface area contributed by atoms with Gasteiger partial charge in [0.25, 0.3) is 0 Å². The number of hydrogen-bond donors (Lipinski definition) is 3. The zero-order valence-corrected chi connectivity index (χ0v) is 18.3. The fraction of sp³-hybridized carbons (Fsp3) is 0.524. The van der Waals surface area contributed by atoms with Crippen molar-refractivity contribution in [1.29, 1.82) is 5.41 Å². The van der Waals surface area contributed by atoms with Gasteiger partial charge in [-0.3, -0.25) is 0 Å². The van der Waals surface area contributed by atoms with Gasteiger partial charge >= 0.3 is 0 Å². The Morgan fingerprint density at radius 1 is 1.17 bits per heavy atom. The smallest absolute Gasteiger partial charge is 0.228 e. The van der Waals surface area contributed by atoms with Crippen molar-refractivity contribution in [1.82, 2.24) is 19.9 Å². The zero-order valence-electron chi connectivity index (χ0n) is 18.3. The molecule has 3 N–H and O–H groups in total. The lowest BCUT2D eigenvalue weighted by Gasteiger charge is -2.33. The highest BCUT2D eigenvalue weighted by Crippen LogP contribution is 2.29. The van der Waals surface area contributed by atoms with E-state index < -0.39 is 0 Å². The van der Waals surface area contributed by atoms with Gasteiger partial charge in [-0.05, 0) is 40.0 Å². The number of pyridine rings is 1. The van der Waals surface area contributed by atoms with Crippen molar-refractivity contribution in [3.8, 4) is 0 Å². The summed E-state index contributed by atoms with van der Waals surface area (Å²) in [5, 5.41) is 15.0. The second kappa shape index (κ2) is 10.3. The van der Waals surface area contributed by atoms with Crippen LogP contribution in [0.25, 0.3) is 0 Å². The number of aromatic nitrogens is 3. The van der Waals surface area contributed by atoms with Gasteiger partial charge < -0.3 is 30.6 Å². The van der Waals surface area contributed by atoms with Crippen LogP contribution in [0.3, 0.4) is 0 Å². The van der Waals surface area contributed by atoms with E-state index in [9.17, 15) is 0 Å². The second-order valence-corrected chi connectivity index (χ2v) is 7.42. The van der Waals surface area contributed by atoms with Crippen molar-refractivity contribution in [3.05, 3.63) is 29.6 Å². The SMILES string of the molecule is CCOCCNc1c(Nc2cccc(C)n2)nc(N2CCN(C)CC2)nc1C(C)=N. The van der Waals surface area contributed by atoms with Gasteiger partial charge in [-0.25, -0.2) is 9.97 Å². The predicted molar refractivity (Wildman–Crippen MR) is 121 cm³/mol. The van der Waals surface area contributed by atoms with Crippen LogP contribution in [0.15, 0.2) is 18.2 Å². The van der Waals surface area contributed by atoms with Gasteiger partial charge in [0.2, 0.25) is 5.95 Å². The van der Waals surface area contributed by atoms with Crippen LogP contribution in [0.4, 0.5) is 23.3 Å². The molecule has 1 aliphatic heterocycles. The van der Waals surface area contributed by atoms with Crippen LogP contribution in [-0.4, -0.2) is 78.5 Å². The molecule has 0 aliphatic carbocycles. The summed E-state index contributed by atoms with van der Waals surface area (Å²) >= 11 is 0. The molecule has 9 heteroatoms. The van der Waals surface area contributed by atoms with E-state index in [0.717, 1.165) is 31.9 Å². The topological polar surface area (TPSA) is 102 Å². The van der Waals surface area contributed by atoms with Crippen molar-refractivity contribution < 1.29 is 4.74 Å². The number of ether oxygens (including phenoxy) is 1. The molecule has 3 heterocycles. The molecule has 0 radical (unpaired) electrons. The fourth-order valence-electron chi connectivity index (χ4n) is 3.25. The van der Waals surface area contributed by atoms with Crippen molar-refractivity contribution in [2.75, 3.05) is 68.5 Å². The first-order valence-corrected chi connectivity index (χ1v) is 10.4. The molecule has 1 aliphatic rings. The lowest BCUT2D eigenvalue weighted by molar-refractivity contribution is 0.158. The van der Waals surface area contributed by atoms with Gasteiger partial charge in [0.15, 0.2) is 5.82 Å². The summed E-state index contributed by atoms with van der Waals surface area (Å²) in [5.41, 5.74) is 2.59. The molecule has 3 rings (SSSR count). The standard InChI is InChI=1S/C21H32N8O/c1-5-30-14-9-23-19-18(16(3)22)26-21(29-12-10-28(4)11-13-29)27-20(19)25-17-8-6-7-15(2)24-17/h6-8,22-23H,5,9-14H2,1-4H3,(H,24,25,26,27). The maximum atomic E-state index is 8.31. The summed E-state index contributed by atoms with van der Waals surface area (Å²) in [6, 6.07) is 5.82. The molecule has 162 valence electrons. The molecule has 30 heavy (non-hydrogen) atoms. The average molecular weight is 413 g/mol. The summed E-state index contributed by atoms with van der Waals surface area (Å²) < 4.78 is 5.46. The lowest BCUT2D eigenvalue weighted by Crippen LogP contribution is -2.45.